The summed E-state index contributed by atoms with van der Waals surface area (Å²) in [5.74, 6) is 0.0850. The lowest BCUT2D eigenvalue weighted by Crippen LogP contribution is -2.43. The van der Waals surface area contributed by atoms with E-state index in [1.54, 1.807) is 12.1 Å². The second kappa shape index (κ2) is 8.32. The number of benzene rings is 2. The molecule has 1 N–H and O–H groups in total. The van der Waals surface area contributed by atoms with E-state index in [1.165, 1.54) is 6.07 Å². The molecule has 25 heavy (non-hydrogen) atoms. The van der Waals surface area contributed by atoms with E-state index in [-0.39, 0.29) is 18.0 Å². The summed E-state index contributed by atoms with van der Waals surface area (Å²) in [5, 5.41) is 3.30. The van der Waals surface area contributed by atoms with Gasteiger partial charge in [-0.1, -0.05) is 36.4 Å². The standard InChI is InChI=1S/C20H24FNO3/c1-14(2)24-17-10-6-9-16(21)20(17)25-19(15-7-4-3-5-8-15)18-13-22-11-12-23-18/h3-10,14,18-19,22H,11-13H2,1-2H3/t18-,19-/m0/s1. The van der Waals surface area contributed by atoms with Crippen LogP contribution in [0.1, 0.15) is 25.5 Å². The van der Waals surface area contributed by atoms with Crippen molar-refractivity contribution in [3.8, 4) is 11.5 Å². The first-order valence-corrected chi connectivity index (χ1v) is 8.64. The molecular weight excluding hydrogens is 321 g/mol. The van der Waals surface area contributed by atoms with Gasteiger partial charge in [-0.3, -0.25) is 0 Å². The summed E-state index contributed by atoms with van der Waals surface area (Å²) >= 11 is 0. The van der Waals surface area contributed by atoms with Crippen molar-refractivity contribution in [1.29, 1.82) is 0 Å². The van der Waals surface area contributed by atoms with Crippen molar-refractivity contribution in [3.63, 3.8) is 0 Å². The van der Waals surface area contributed by atoms with Crippen LogP contribution < -0.4 is 14.8 Å². The number of halogens is 1. The Balaban J connectivity index is 1.92. The molecule has 0 aliphatic carbocycles. The molecule has 1 heterocycles. The Kier molecular flexibility index (Phi) is 5.89. The average Bonchev–Trinajstić information content (AvgIpc) is 2.62. The van der Waals surface area contributed by atoms with Gasteiger partial charge < -0.3 is 19.5 Å². The van der Waals surface area contributed by atoms with Crippen molar-refractivity contribution in [2.24, 2.45) is 0 Å². The van der Waals surface area contributed by atoms with Gasteiger partial charge in [-0.25, -0.2) is 4.39 Å². The molecular formula is C20H24FNO3. The van der Waals surface area contributed by atoms with Gasteiger partial charge in [0, 0.05) is 13.1 Å². The van der Waals surface area contributed by atoms with E-state index in [0.29, 0.717) is 18.9 Å². The molecule has 0 aromatic heterocycles. The summed E-state index contributed by atoms with van der Waals surface area (Å²) in [6, 6.07) is 14.5. The predicted octanol–water partition coefficient (Wildman–Crippen LogP) is 3.72. The van der Waals surface area contributed by atoms with Crippen LogP contribution in [0.25, 0.3) is 0 Å². The molecule has 0 unspecified atom stereocenters. The minimum Gasteiger partial charge on any atom is -0.487 e. The minimum atomic E-state index is -0.442. The van der Waals surface area contributed by atoms with Crippen molar-refractivity contribution >= 4 is 0 Å². The second-order valence-corrected chi connectivity index (χ2v) is 6.30. The van der Waals surface area contributed by atoms with E-state index in [1.807, 2.05) is 44.2 Å². The third kappa shape index (κ3) is 4.50. The third-order valence-corrected chi connectivity index (χ3v) is 3.96. The summed E-state index contributed by atoms with van der Waals surface area (Å²) in [4.78, 5) is 0. The summed E-state index contributed by atoms with van der Waals surface area (Å²) in [6.07, 6.45) is -0.713. The van der Waals surface area contributed by atoms with Gasteiger partial charge in [-0.05, 0) is 31.5 Å². The smallest absolute Gasteiger partial charge is 0.197 e. The molecule has 4 nitrogen and oxygen atoms in total. The van der Waals surface area contributed by atoms with E-state index in [0.717, 1.165) is 12.1 Å². The van der Waals surface area contributed by atoms with Gasteiger partial charge in [0.2, 0.25) is 0 Å². The fourth-order valence-electron chi connectivity index (χ4n) is 2.86. The zero-order valence-corrected chi connectivity index (χ0v) is 14.6. The van der Waals surface area contributed by atoms with Gasteiger partial charge in [0.25, 0.3) is 0 Å². The largest absolute Gasteiger partial charge is 0.487 e. The molecule has 0 spiro atoms. The molecule has 1 saturated heterocycles. The molecule has 1 aliphatic rings. The van der Waals surface area contributed by atoms with Gasteiger partial charge in [-0.15, -0.1) is 0 Å². The van der Waals surface area contributed by atoms with Crippen molar-refractivity contribution in [2.45, 2.75) is 32.2 Å². The second-order valence-electron chi connectivity index (χ2n) is 6.30. The number of hydrogen-bond donors (Lipinski definition) is 1. The molecule has 0 bridgehead atoms. The van der Waals surface area contributed by atoms with Crippen molar-refractivity contribution in [3.05, 3.63) is 59.9 Å². The highest BCUT2D eigenvalue weighted by atomic mass is 19.1. The van der Waals surface area contributed by atoms with Crippen molar-refractivity contribution < 1.29 is 18.6 Å². The number of hydrogen-bond acceptors (Lipinski definition) is 4. The minimum absolute atomic E-state index is 0.0769. The summed E-state index contributed by atoms with van der Waals surface area (Å²) in [5.41, 5.74) is 0.940. The maximum Gasteiger partial charge on any atom is 0.197 e. The van der Waals surface area contributed by atoms with Gasteiger partial charge >= 0.3 is 0 Å². The molecule has 5 heteroatoms. The lowest BCUT2D eigenvalue weighted by Gasteiger charge is -2.32. The summed E-state index contributed by atoms with van der Waals surface area (Å²) < 4.78 is 32.2. The van der Waals surface area contributed by atoms with Gasteiger partial charge in [0.15, 0.2) is 23.4 Å². The van der Waals surface area contributed by atoms with E-state index in [4.69, 9.17) is 14.2 Å². The number of ether oxygens (including phenoxy) is 3. The van der Waals surface area contributed by atoms with Gasteiger partial charge in [0.1, 0.15) is 6.10 Å². The van der Waals surface area contributed by atoms with Crippen LogP contribution in [0.5, 0.6) is 11.5 Å². The summed E-state index contributed by atoms with van der Waals surface area (Å²) in [6.45, 7) is 5.85. The first-order valence-electron chi connectivity index (χ1n) is 8.64. The molecule has 1 aliphatic heterocycles. The van der Waals surface area contributed by atoms with Gasteiger partial charge in [-0.2, -0.15) is 0 Å². The zero-order chi connectivity index (χ0) is 17.6. The van der Waals surface area contributed by atoms with E-state index in [9.17, 15) is 4.39 Å². The van der Waals surface area contributed by atoms with Crippen molar-refractivity contribution in [2.75, 3.05) is 19.7 Å². The lowest BCUT2D eigenvalue weighted by molar-refractivity contribution is -0.0451. The fraction of sp³-hybridized carbons (Fsp3) is 0.400. The van der Waals surface area contributed by atoms with Crippen LogP contribution in [-0.4, -0.2) is 31.9 Å². The van der Waals surface area contributed by atoms with Crippen LogP contribution in [0.4, 0.5) is 4.39 Å². The number of morpholine rings is 1. The molecule has 1 fully saturated rings. The Bertz CT molecular complexity index is 672. The monoisotopic (exact) mass is 345 g/mol. The predicted molar refractivity (Wildman–Crippen MR) is 94.6 cm³/mol. The fourth-order valence-corrected chi connectivity index (χ4v) is 2.86. The third-order valence-electron chi connectivity index (χ3n) is 3.96. The first-order chi connectivity index (χ1) is 12.1. The van der Waals surface area contributed by atoms with E-state index in [2.05, 4.69) is 5.32 Å². The number of para-hydroxylation sites is 1. The summed E-state index contributed by atoms with van der Waals surface area (Å²) in [7, 11) is 0. The SMILES string of the molecule is CC(C)Oc1cccc(F)c1O[C@@H](c1ccccc1)[C@@H]1CNCCO1. The number of rotatable bonds is 6. The zero-order valence-electron chi connectivity index (χ0n) is 14.6. The molecule has 0 saturated carbocycles. The molecule has 2 aromatic carbocycles. The molecule has 0 amide bonds. The highest BCUT2D eigenvalue weighted by Crippen LogP contribution is 2.36. The van der Waals surface area contributed by atoms with Crippen LogP contribution in [0.3, 0.4) is 0 Å². The van der Waals surface area contributed by atoms with E-state index >= 15 is 0 Å². The molecule has 2 aromatic rings. The van der Waals surface area contributed by atoms with Crippen LogP contribution in [0.2, 0.25) is 0 Å². The quantitative estimate of drug-likeness (QED) is 0.866. The van der Waals surface area contributed by atoms with E-state index < -0.39 is 11.9 Å². The average molecular weight is 345 g/mol. The van der Waals surface area contributed by atoms with Crippen LogP contribution in [-0.2, 0) is 4.74 Å². The Hall–Kier alpha value is -2.11. The van der Waals surface area contributed by atoms with Crippen molar-refractivity contribution in [1.82, 2.24) is 5.32 Å². The Morgan fingerprint density at radius 1 is 1.08 bits per heavy atom. The Morgan fingerprint density at radius 3 is 2.56 bits per heavy atom. The molecule has 0 radical (unpaired) electrons. The molecule has 3 rings (SSSR count). The maximum atomic E-state index is 14.5. The Labute approximate surface area is 147 Å². The van der Waals surface area contributed by atoms with Crippen LogP contribution in [0, 0.1) is 5.82 Å². The van der Waals surface area contributed by atoms with Crippen LogP contribution in [0.15, 0.2) is 48.5 Å². The first kappa shape index (κ1) is 17.7. The molecule has 2 atom stereocenters. The van der Waals surface area contributed by atoms with Gasteiger partial charge in [0.05, 0.1) is 12.7 Å². The number of nitrogens with one attached hydrogen (secondary N) is 1. The Morgan fingerprint density at radius 2 is 1.88 bits per heavy atom. The maximum absolute atomic E-state index is 14.5. The topological polar surface area (TPSA) is 39.7 Å². The van der Waals surface area contributed by atoms with Crippen LogP contribution >= 0.6 is 0 Å². The highest BCUT2D eigenvalue weighted by molar-refractivity contribution is 5.42. The normalized spacial score (nSPS) is 18.8. The molecule has 134 valence electrons. The lowest BCUT2D eigenvalue weighted by atomic mass is 10.0. The highest BCUT2D eigenvalue weighted by Gasteiger charge is 2.29.